The molecule has 2 aromatic rings. The van der Waals surface area contributed by atoms with E-state index in [-0.39, 0.29) is 6.10 Å². The van der Waals surface area contributed by atoms with Crippen LogP contribution in [-0.4, -0.2) is 24.2 Å². The molecule has 17 heavy (non-hydrogen) atoms. The number of ether oxygens (including phenoxy) is 1. The van der Waals surface area contributed by atoms with Crippen LogP contribution in [0.3, 0.4) is 0 Å². The average Bonchev–Trinajstić information content (AvgIpc) is 2.78. The van der Waals surface area contributed by atoms with Crippen LogP contribution in [0.4, 0.5) is 0 Å². The molecule has 0 saturated heterocycles. The monoisotopic (exact) mass is 232 g/mol. The third kappa shape index (κ3) is 3.08. The highest BCUT2D eigenvalue weighted by atomic mass is 16.5. The van der Waals surface area contributed by atoms with Gasteiger partial charge in [-0.05, 0) is 31.5 Å². The van der Waals surface area contributed by atoms with Gasteiger partial charge in [0.2, 0.25) is 0 Å². The molecule has 3 nitrogen and oxygen atoms in total. The Kier molecular flexibility index (Phi) is 4.18. The van der Waals surface area contributed by atoms with Crippen molar-refractivity contribution in [1.29, 1.82) is 0 Å². The molecule has 1 aromatic carbocycles. The van der Waals surface area contributed by atoms with E-state index in [2.05, 4.69) is 41.5 Å². The Morgan fingerprint density at radius 3 is 3.06 bits per heavy atom. The number of benzene rings is 1. The number of H-pyrrole nitrogens is 1. The van der Waals surface area contributed by atoms with E-state index < -0.39 is 0 Å². The highest BCUT2D eigenvalue weighted by Gasteiger charge is 2.03. The Labute approximate surface area is 102 Å². The zero-order valence-electron chi connectivity index (χ0n) is 10.5. The molecule has 2 N–H and O–H groups in total. The molecule has 0 radical (unpaired) electrons. The van der Waals surface area contributed by atoms with Crippen molar-refractivity contribution in [3.8, 4) is 0 Å². The van der Waals surface area contributed by atoms with E-state index >= 15 is 0 Å². The largest absolute Gasteiger partial charge is 0.377 e. The molecule has 3 heteroatoms. The number of rotatable bonds is 6. The van der Waals surface area contributed by atoms with Crippen LogP contribution in [0, 0.1) is 0 Å². The smallest absolute Gasteiger partial charge is 0.0671 e. The Balaban J connectivity index is 1.92. The number of fused-ring (bicyclic) bond motifs is 1. The van der Waals surface area contributed by atoms with Crippen molar-refractivity contribution >= 4 is 10.9 Å². The van der Waals surface area contributed by atoms with Crippen LogP contribution in [0.5, 0.6) is 0 Å². The van der Waals surface area contributed by atoms with Gasteiger partial charge in [-0.1, -0.05) is 12.1 Å². The second-order valence-corrected chi connectivity index (χ2v) is 4.25. The molecule has 1 aromatic heterocycles. The Morgan fingerprint density at radius 2 is 2.24 bits per heavy atom. The summed E-state index contributed by atoms with van der Waals surface area (Å²) in [6.45, 7) is 6.65. The summed E-state index contributed by atoms with van der Waals surface area (Å²) in [6, 6.07) is 8.47. The number of hydrogen-bond acceptors (Lipinski definition) is 2. The van der Waals surface area contributed by atoms with E-state index in [0.29, 0.717) is 0 Å². The Bertz CT molecular complexity index is 464. The van der Waals surface area contributed by atoms with Gasteiger partial charge in [0, 0.05) is 36.8 Å². The standard InChI is InChI=1S/C14H20N2O/c1-3-17-11(2)9-15-10-12-5-4-6-14-13(12)7-8-16-14/h4-8,11,15-16H,3,9-10H2,1-2H3. The van der Waals surface area contributed by atoms with Gasteiger partial charge >= 0.3 is 0 Å². The molecule has 1 unspecified atom stereocenters. The first-order valence-electron chi connectivity index (χ1n) is 6.18. The van der Waals surface area contributed by atoms with Gasteiger partial charge in [0.15, 0.2) is 0 Å². The van der Waals surface area contributed by atoms with Crippen LogP contribution < -0.4 is 5.32 Å². The molecule has 0 fully saturated rings. The van der Waals surface area contributed by atoms with Crippen molar-refractivity contribution in [3.63, 3.8) is 0 Å². The van der Waals surface area contributed by atoms with Gasteiger partial charge in [0.1, 0.15) is 0 Å². The summed E-state index contributed by atoms with van der Waals surface area (Å²) in [7, 11) is 0. The molecule has 0 aliphatic carbocycles. The lowest BCUT2D eigenvalue weighted by molar-refractivity contribution is 0.0759. The lowest BCUT2D eigenvalue weighted by atomic mass is 10.1. The Morgan fingerprint density at radius 1 is 1.35 bits per heavy atom. The summed E-state index contributed by atoms with van der Waals surface area (Å²) in [6.07, 6.45) is 2.25. The van der Waals surface area contributed by atoms with Gasteiger partial charge in [0.25, 0.3) is 0 Å². The van der Waals surface area contributed by atoms with E-state index in [1.807, 2.05) is 13.1 Å². The first-order chi connectivity index (χ1) is 8.31. The second kappa shape index (κ2) is 5.84. The first kappa shape index (κ1) is 12.1. The summed E-state index contributed by atoms with van der Waals surface area (Å²) in [4.78, 5) is 3.23. The maximum atomic E-state index is 5.48. The van der Waals surface area contributed by atoms with Crippen LogP contribution in [0.1, 0.15) is 19.4 Å². The van der Waals surface area contributed by atoms with Gasteiger partial charge < -0.3 is 15.0 Å². The number of aromatic nitrogens is 1. The molecule has 0 aliphatic heterocycles. The maximum Gasteiger partial charge on any atom is 0.0671 e. The van der Waals surface area contributed by atoms with Crippen molar-refractivity contribution in [2.24, 2.45) is 0 Å². The zero-order chi connectivity index (χ0) is 12.1. The van der Waals surface area contributed by atoms with Crippen molar-refractivity contribution in [1.82, 2.24) is 10.3 Å². The van der Waals surface area contributed by atoms with E-state index in [9.17, 15) is 0 Å². The van der Waals surface area contributed by atoms with Gasteiger partial charge in [0.05, 0.1) is 6.10 Å². The predicted molar refractivity (Wildman–Crippen MR) is 71.1 cm³/mol. The van der Waals surface area contributed by atoms with E-state index in [4.69, 9.17) is 4.74 Å². The molecule has 0 bridgehead atoms. The second-order valence-electron chi connectivity index (χ2n) is 4.25. The molecule has 0 aliphatic rings. The summed E-state index contributed by atoms with van der Waals surface area (Å²) in [5.74, 6) is 0. The van der Waals surface area contributed by atoms with Gasteiger partial charge in [-0.15, -0.1) is 0 Å². The highest BCUT2D eigenvalue weighted by Crippen LogP contribution is 2.16. The van der Waals surface area contributed by atoms with Crippen LogP contribution in [0.15, 0.2) is 30.5 Å². The van der Waals surface area contributed by atoms with Crippen molar-refractivity contribution in [3.05, 3.63) is 36.0 Å². The zero-order valence-corrected chi connectivity index (χ0v) is 10.5. The molecule has 0 saturated carbocycles. The molecule has 1 heterocycles. The van der Waals surface area contributed by atoms with Gasteiger partial charge in [-0.25, -0.2) is 0 Å². The van der Waals surface area contributed by atoms with Crippen LogP contribution >= 0.6 is 0 Å². The number of aromatic amines is 1. The fraction of sp³-hybridized carbons (Fsp3) is 0.429. The SMILES string of the molecule is CCOC(C)CNCc1cccc2[nH]ccc12. The van der Waals surface area contributed by atoms with Crippen LogP contribution in [0.25, 0.3) is 10.9 Å². The van der Waals surface area contributed by atoms with Gasteiger partial charge in [-0.3, -0.25) is 0 Å². The minimum Gasteiger partial charge on any atom is -0.377 e. The minimum absolute atomic E-state index is 0.269. The summed E-state index contributed by atoms with van der Waals surface area (Å²) < 4.78 is 5.48. The van der Waals surface area contributed by atoms with E-state index in [1.54, 1.807) is 0 Å². The highest BCUT2D eigenvalue weighted by molar-refractivity contribution is 5.82. The Hall–Kier alpha value is -1.32. The first-order valence-corrected chi connectivity index (χ1v) is 6.18. The number of hydrogen-bond donors (Lipinski definition) is 2. The summed E-state index contributed by atoms with van der Waals surface area (Å²) in [5.41, 5.74) is 2.52. The van der Waals surface area contributed by atoms with E-state index in [1.165, 1.54) is 16.5 Å². The van der Waals surface area contributed by atoms with Crippen LogP contribution in [0.2, 0.25) is 0 Å². The van der Waals surface area contributed by atoms with Crippen molar-refractivity contribution in [2.45, 2.75) is 26.5 Å². The third-order valence-electron chi connectivity index (χ3n) is 2.88. The van der Waals surface area contributed by atoms with Gasteiger partial charge in [-0.2, -0.15) is 0 Å². The quantitative estimate of drug-likeness (QED) is 0.803. The van der Waals surface area contributed by atoms with Crippen LogP contribution in [-0.2, 0) is 11.3 Å². The topological polar surface area (TPSA) is 37.0 Å². The molecular weight excluding hydrogens is 212 g/mol. The lowest BCUT2D eigenvalue weighted by Gasteiger charge is -2.12. The fourth-order valence-electron chi connectivity index (χ4n) is 2.06. The molecular formula is C14H20N2O. The summed E-state index contributed by atoms with van der Waals surface area (Å²) in [5, 5.41) is 4.72. The third-order valence-corrected chi connectivity index (χ3v) is 2.88. The molecule has 2 rings (SSSR count). The molecule has 0 amide bonds. The fourth-order valence-corrected chi connectivity index (χ4v) is 2.06. The predicted octanol–water partition coefficient (Wildman–Crippen LogP) is 2.68. The number of nitrogens with one attached hydrogen (secondary N) is 2. The lowest BCUT2D eigenvalue weighted by Crippen LogP contribution is -2.26. The molecule has 0 spiro atoms. The normalized spacial score (nSPS) is 13.1. The molecule has 92 valence electrons. The summed E-state index contributed by atoms with van der Waals surface area (Å²) >= 11 is 0. The van der Waals surface area contributed by atoms with E-state index in [0.717, 1.165) is 19.7 Å². The molecule has 1 atom stereocenters. The van der Waals surface area contributed by atoms with Crippen molar-refractivity contribution < 1.29 is 4.74 Å². The van der Waals surface area contributed by atoms with Crippen molar-refractivity contribution in [2.75, 3.05) is 13.2 Å². The maximum absolute atomic E-state index is 5.48. The average molecular weight is 232 g/mol. The minimum atomic E-state index is 0.269.